The zero-order chi connectivity index (χ0) is 54.7. The van der Waals surface area contributed by atoms with Gasteiger partial charge in [0.25, 0.3) is 0 Å². The van der Waals surface area contributed by atoms with Gasteiger partial charge in [0.1, 0.15) is 32.1 Å². The maximum Gasteiger partial charge on any atom is 0.317 e. The van der Waals surface area contributed by atoms with Gasteiger partial charge in [-0.2, -0.15) is 0 Å². The third kappa shape index (κ3) is 48.1. The number of hydrogen-bond acceptors (Lipinski definition) is 20. The van der Waals surface area contributed by atoms with E-state index < -0.39 is 91.8 Å². The lowest BCUT2D eigenvalue weighted by Crippen LogP contribution is -2.15. The minimum absolute atomic E-state index is 0.214. The molecule has 0 amide bonds. The molecule has 1 fully saturated rings. The zero-order valence-electron chi connectivity index (χ0n) is 45.0. The van der Waals surface area contributed by atoms with E-state index in [9.17, 15) is 47.9 Å². The number of carbonyl (C=O) groups is 10. The van der Waals surface area contributed by atoms with Gasteiger partial charge in [-0.15, -0.1) is 0 Å². The van der Waals surface area contributed by atoms with Gasteiger partial charge in [0.05, 0.1) is 66.1 Å². The molecule has 0 aliphatic carbocycles. The number of rotatable bonds is 0. The average Bonchev–Trinajstić information content (AvgIpc) is 3.36. The fraction of sp³-hybridized carbons (Fsp3) is 0.818. The molecule has 1 aliphatic heterocycles. The molecule has 1 heterocycles. The van der Waals surface area contributed by atoms with E-state index in [1.165, 1.54) is 0 Å². The molecule has 20 heteroatoms. The van der Waals surface area contributed by atoms with Crippen LogP contribution in [0.15, 0.2) is 0 Å². The highest BCUT2D eigenvalue weighted by Gasteiger charge is 2.16. The molecule has 75 heavy (non-hydrogen) atoms. The van der Waals surface area contributed by atoms with Gasteiger partial charge >= 0.3 is 59.7 Å². The first-order chi connectivity index (χ1) is 36.4. The van der Waals surface area contributed by atoms with Crippen LogP contribution in [0.1, 0.15) is 225 Å². The molecular weight excluding hydrogens is 981 g/mol. The van der Waals surface area contributed by atoms with Gasteiger partial charge in [0, 0.05) is 0 Å². The predicted octanol–water partition coefficient (Wildman–Crippen LogP) is 9.09. The van der Waals surface area contributed by atoms with E-state index in [1.807, 2.05) is 0 Å². The van der Waals surface area contributed by atoms with Crippen LogP contribution in [0.3, 0.4) is 0 Å². The molecule has 0 spiro atoms. The molecule has 0 bridgehead atoms. The second-order valence-corrected chi connectivity index (χ2v) is 18.7. The van der Waals surface area contributed by atoms with Crippen molar-refractivity contribution in [2.45, 2.75) is 225 Å². The topological polar surface area (TPSA) is 263 Å². The van der Waals surface area contributed by atoms with E-state index in [0.29, 0.717) is 64.2 Å². The van der Waals surface area contributed by atoms with Crippen molar-refractivity contribution in [3.8, 4) is 0 Å². The first-order valence-corrected chi connectivity index (χ1v) is 28.0. The number of cyclic esters (lactones) is 10. The highest BCUT2D eigenvalue weighted by atomic mass is 16.6. The zero-order valence-corrected chi connectivity index (χ0v) is 45.0. The van der Waals surface area contributed by atoms with Gasteiger partial charge in [-0.05, 0) is 64.2 Å². The van der Waals surface area contributed by atoms with Gasteiger partial charge < -0.3 is 47.4 Å². The summed E-state index contributed by atoms with van der Waals surface area (Å²) in [7, 11) is 0. The van der Waals surface area contributed by atoms with Gasteiger partial charge in [0.2, 0.25) is 0 Å². The Hall–Kier alpha value is -5.30. The van der Waals surface area contributed by atoms with Crippen LogP contribution in [0.5, 0.6) is 0 Å². The summed E-state index contributed by atoms with van der Waals surface area (Å²) in [4.78, 5) is 120. The molecule has 1 aliphatic rings. The van der Waals surface area contributed by atoms with Crippen molar-refractivity contribution in [1.29, 1.82) is 0 Å². The van der Waals surface area contributed by atoms with Gasteiger partial charge in [-0.1, -0.05) is 128 Å². The van der Waals surface area contributed by atoms with E-state index >= 15 is 0 Å². The van der Waals surface area contributed by atoms with Gasteiger partial charge in [0.15, 0.2) is 0 Å². The number of ether oxygens (including phenoxy) is 10. The summed E-state index contributed by atoms with van der Waals surface area (Å²) in [5, 5.41) is 0. The Morgan fingerprint density at radius 1 is 0.133 bits per heavy atom. The van der Waals surface area contributed by atoms with Gasteiger partial charge in [-0.3, -0.25) is 47.9 Å². The van der Waals surface area contributed by atoms with Crippen LogP contribution in [0, 0.1) is 0 Å². The molecule has 430 valence electrons. The molecular formula is C55H90O20. The first kappa shape index (κ1) is 67.7. The number of carbonyl (C=O) groups excluding carboxylic acids is 10. The Morgan fingerprint density at radius 3 is 0.307 bits per heavy atom. The lowest BCUT2D eigenvalue weighted by molar-refractivity contribution is -0.156. The molecule has 0 aromatic heterocycles. The maximum absolute atomic E-state index is 12.0. The van der Waals surface area contributed by atoms with Crippen molar-refractivity contribution in [3.63, 3.8) is 0 Å². The summed E-state index contributed by atoms with van der Waals surface area (Å²) in [5.41, 5.74) is 0. The Bertz CT molecular complexity index is 1220. The molecule has 0 aromatic carbocycles. The monoisotopic (exact) mass is 1070 g/mol. The van der Waals surface area contributed by atoms with Crippen molar-refractivity contribution in [2.75, 3.05) is 66.1 Å². The van der Waals surface area contributed by atoms with Crippen molar-refractivity contribution in [1.82, 2.24) is 0 Å². The number of esters is 10. The minimum Gasteiger partial charge on any atom is -0.465 e. The van der Waals surface area contributed by atoms with E-state index in [1.54, 1.807) is 0 Å². The third-order valence-corrected chi connectivity index (χ3v) is 11.8. The lowest BCUT2D eigenvalue weighted by Gasteiger charge is -2.07. The molecule has 0 N–H and O–H groups in total. The highest BCUT2D eigenvalue weighted by Crippen LogP contribution is 2.12. The molecule has 0 radical (unpaired) electrons. The van der Waals surface area contributed by atoms with E-state index in [-0.39, 0.29) is 66.1 Å². The Kier molecular flexibility index (Phi) is 44.8. The predicted molar refractivity (Wildman–Crippen MR) is 271 cm³/mol. The SMILES string of the molecule is O=C1CC(=O)OCCCCCCCCOC(=O)CC(=O)OCCCCCCCCOC(=O)CC(=O)OCCCCCCCCOC(=O)CC(=O)OCCCCCCCCOC(=O)CC(=O)OCCCCCCCCO1. The summed E-state index contributed by atoms with van der Waals surface area (Å²) < 4.78 is 51.5. The minimum atomic E-state index is -0.623. The van der Waals surface area contributed by atoms with Crippen LogP contribution in [0.4, 0.5) is 0 Å². The van der Waals surface area contributed by atoms with Crippen LogP contribution in [0.25, 0.3) is 0 Å². The second-order valence-electron chi connectivity index (χ2n) is 18.7. The van der Waals surface area contributed by atoms with Crippen LogP contribution < -0.4 is 0 Å². The molecule has 0 aromatic rings. The molecule has 0 atom stereocenters. The van der Waals surface area contributed by atoms with Crippen molar-refractivity contribution in [2.24, 2.45) is 0 Å². The molecule has 1 saturated heterocycles. The number of hydrogen-bond donors (Lipinski definition) is 0. The van der Waals surface area contributed by atoms with Crippen molar-refractivity contribution < 1.29 is 95.3 Å². The van der Waals surface area contributed by atoms with Crippen LogP contribution >= 0.6 is 0 Å². The largest absolute Gasteiger partial charge is 0.465 e. The molecule has 1 rings (SSSR count). The van der Waals surface area contributed by atoms with Gasteiger partial charge in [-0.25, -0.2) is 0 Å². The summed E-state index contributed by atoms with van der Waals surface area (Å²) in [6.07, 6.45) is 21.8. The molecule has 0 unspecified atom stereocenters. The highest BCUT2D eigenvalue weighted by molar-refractivity contribution is 5.93. The van der Waals surface area contributed by atoms with E-state index in [4.69, 9.17) is 47.4 Å². The second kappa shape index (κ2) is 49.6. The molecule has 0 saturated carbocycles. The summed E-state index contributed by atoms with van der Waals surface area (Å²) in [6, 6.07) is 0. The summed E-state index contributed by atoms with van der Waals surface area (Å²) in [6.45, 7) is 2.14. The van der Waals surface area contributed by atoms with Crippen molar-refractivity contribution >= 4 is 59.7 Å². The third-order valence-electron chi connectivity index (χ3n) is 11.8. The fourth-order valence-corrected chi connectivity index (χ4v) is 7.52. The molecule has 20 nitrogen and oxygen atoms in total. The average molecular weight is 1070 g/mol. The smallest absolute Gasteiger partial charge is 0.317 e. The maximum atomic E-state index is 12.0. The van der Waals surface area contributed by atoms with E-state index in [0.717, 1.165) is 128 Å². The quantitative estimate of drug-likeness (QED) is 0.124. The Balaban J connectivity index is 2.30. The van der Waals surface area contributed by atoms with Crippen LogP contribution in [0.2, 0.25) is 0 Å². The summed E-state index contributed by atoms with van der Waals surface area (Å²) >= 11 is 0. The fourth-order valence-electron chi connectivity index (χ4n) is 7.52. The lowest BCUT2D eigenvalue weighted by atomic mass is 10.1. The van der Waals surface area contributed by atoms with E-state index in [2.05, 4.69) is 0 Å². The summed E-state index contributed by atoms with van der Waals surface area (Å²) in [5.74, 6) is -6.23. The van der Waals surface area contributed by atoms with Crippen molar-refractivity contribution in [3.05, 3.63) is 0 Å². The Labute approximate surface area is 444 Å². The van der Waals surface area contributed by atoms with Crippen LogP contribution in [-0.4, -0.2) is 126 Å². The van der Waals surface area contributed by atoms with Crippen LogP contribution in [-0.2, 0) is 95.3 Å². The normalized spacial score (nSPS) is 21.6. The first-order valence-electron chi connectivity index (χ1n) is 28.0. The Morgan fingerprint density at radius 2 is 0.213 bits per heavy atom. The standard InChI is InChI=1S/C55H90O20/c56-46-41-48(58)68-33-23-13-3-4-15-25-35-70-50(60)43-52(62)72-37-27-17-7-8-19-29-39-74-54(64)45-55(65)75-40-30-20-10-9-18-28-38-73-53(63)44-51(61)71-36-26-16-6-5-14-24-34-69-49(59)42-47(57)67-32-22-12-2-1-11-21-31-66-46/h1-45H2.